The van der Waals surface area contributed by atoms with Crippen molar-refractivity contribution < 1.29 is 43.2 Å². The van der Waals surface area contributed by atoms with Crippen LogP contribution in [-0.2, 0) is 30.5 Å². The summed E-state index contributed by atoms with van der Waals surface area (Å²) >= 11 is 16.3. The summed E-state index contributed by atoms with van der Waals surface area (Å²) in [6.45, 7) is 4.19. The van der Waals surface area contributed by atoms with Gasteiger partial charge in [-0.25, -0.2) is 14.2 Å². The molecule has 3 aliphatic heterocycles. The number of ether oxygens (including phenoxy) is 1. The van der Waals surface area contributed by atoms with Crippen LogP contribution in [0.4, 0.5) is 0 Å². The number of carboxylic acids is 2. The molecular formula is C30H34Cl2N4O7S3+2. The number of hydrogen-bond donors (Lipinski definition) is 3. The van der Waals surface area contributed by atoms with E-state index in [4.69, 9.17) is 27.9 Å². The molecule has 0 radical (unpaired) electrons. The molecule has 2 saturated heterocycles. The second-order valence-corrected chi connectivity index (χ2v) is 15.2. The molecule has 0 saturated carbocycles. The minimum atomic E-state index is -1.17. The van der Waals surface area contributed by atoms with E-state index in [1.54, 1.807) is 18.2 Å². The van der Waals surface area contributed by atoms with Crippen molar-refractivity contribution in [3.05, 3.63) is 64.0 Å². The average Bonchev–Trinajstić information content (AvgIpc) is 3.03. The maximum absolute atomic E-state index is 13.0. The Bertz CT molecular complexity index is 1520. The van der Waals surface area contributed by atoms with Gasteiger partial charge in [0.15, 0.2) is 25.5 Å². The Morgan fingerprint density at radius 2 is 1.85 bits per heavy atom. The molecule has 11 nitrogen and oxygen atoms in total. The van der Waals surface area contributed by atoms with Gasteiger partial charge in [0.25, 0.3) is 5.91 Å². The van der Waals surface area contributed by atoms with Crippen molar-refractivity contribution in [1.29, 1.82) is 0 Å². The summed E-state index contributed by atoms with van der Waals surface area (Å²) < 4.78 is 8.03. The number of aliphatic carboxylic acids is 2. The van der Waals surface area contributed by atoms with Crippen molar-refractivity contribution in [2.75, 3.05) is 56.7 Å². The van der Waals surface area contributed by atoms with E-state index in [2.05, 4.69) is 9.88 Å². The van der Waals surface area contributed by atoms with Gasteiger partial charge in [-0.15, -0.1) is 35.3 Å². The van der Waals surface area contributed by atoms with E-state index >= 15 is 0 Å². The maximum atomic E-state index is 13.0. The topological polar surface area (TPSA) is 137 Å². The molecule has 2 amide bonds. The first-order valence-electron chi connectivity index (χ1n) is 14.6. The molecule has 2 aromatic rings. The summed E-state index contributed by atoms with van der Waals surface area (Å²) in [6.07, 6.45) is 4.76. The van der Waals surface area contributed by atoms with Crippen LogP contribution in [0.2, 0.25) is 10.0 Å². The molecule has 5 rings (SSSR count). The first kappa shape index (κ1) is 34.9. The molecule has 4 heterocycles. The zero-order valence-corrected chi connectivity index (χ0v) is 28.7. The van der Waals surface area contributed by atoms with Gasteiger partial charge in [-0.3, -0.25) is 14.5 Å². The number of halogens is 2. The zero-order valence-electron chi connectivity index (χ0n) is 24.7. The van der Waals surface area contributed by atoms with Crippen molar-refractivity contribution in [3.8, 4) is 0 Å². The Morgan fingerprint density at radius 3 is 2.54 bits per heavy atom. The molecule has 3 aliphatic rings. The number of carbonyl (C=O) groups excluding carboxylic acids is 2. The molecule has 0 spiro atoms. The van der Waals surface area contributed by atoms with Crippen LogP contribution < -0.4 is 9.88 Å². The average molecular weight is 730 g/mol. The number of aryl methyl sites for hydroxylation is 1. The SMILES string of the molecule is O=C(O)C[N+]1(CCC[n+]2ccc(SCC3=C(C(=O)O)N4C(=O)[C@H](NC(=O)CSc5cc(Cl)ccc5Cl)[C@H]4SC3)cc2)CCOCC1. The summed E-state index contributed by atoms with van der Waals surface area (Å²) in [5.74, 6) is -1.90. The highest BCUT2D eigenvalue weighted by atomic mass is 35.5. The fourth-order valence-corrected chi connectivity index (χ4v) is 9.34. The molecule has 2 atom stereocenters. The van der Waals surface area contributed by atoms with Gasteiger partial charge < -0.3 is 24.7 Å². The standard InChI is InChI=1S/C30H32Cl2N4O7S3/c31-20-2-3-22(32)23(14-20)45-18-24(37)33-26-28(40)35-27(30(41)42)19(17-46-29(26)35)16-44-21-4-7-34(8-5-21)6-1-9-36(15-25(38)39)10-12-43-13-11-36/h2-5,7-8,14,26,29H,1,6,9-13,15-18H2,(H-2,33,37,38,39,41,42)/p+2/t26-,29+/m0/s1. The molecule has 2 fully saturated rings. The number of amides is 2. The summed E-state index contributed by atoms with van der Waals surface area (Å²) in [6, 6.07) is 8.11. The summed E-state index contributed by atoms with van der Waals surface area (Å²) in [5, 5.41) is 22.6. The van der Waals surface area contributed by atoms with Crippen molar-refractivity contribution in [1.82, 2.24) is 10.2 Å². The van der Waals surface area contributed by atoms with Crippen LogP contribution in [0.25, 0.3) is 0 Å². The van der Waals surface area contributed by atoms with E-state index < -0.39 is 29.3 Å². The van der Waals surface area contributed by atoms with Crippen LogP contribution in [0.1, 0.15) is 6.42 Å². The lowest BCUT2D eigenvalue weighted by molar-refractivity contribution is -0.930. The largest absolute Gasteiger partial charge is 0.477 e. The Kier molecular flexibility index (Phi) is 11.8. The number of carbonyl (C=O) groups is 4. The lowest BCUT2D eigenvalue weighted by Crippen LogP contribution is -2.70. The smallest absolute Gasteiger partial charge is 0.359 e. The summed E-state index contributed by atoms with van der Waals surface area (Å²) in [4.78, 5) is 52.3. The molecule has 0 aliphatic carbocycles. The van der Waals surface area contributed by atoms with Crippen LogP contribution >= 0.6 is 58.5 Å². The first-order valence-corrected chi connectivity index (χ1v) is 18.4. The number of hydrogen-bond acceptors (Lipinski definition) is 8. The van der Waals surface area contributed by atoms with Gasteiger partial charge in [0.05, 0.1) is 37.0 Å². The van der Waals surface area contributed by atoms with Gasteiger partial charge in [0.2, 0.25) is 5.91 Å². The van der Waals surface area contributed by atoms with Gasteiger partial charge in [-0.05, 0) is 23.8 Å². The number of β-lactam (4-membered cyclic amide) rings is 1. The molecule has 3 N–H and O–H groups in total. The Balaban J connectivity index is 1.12. The molecule has 0 unspecified atom stereocenters. The number of rotatable bonds is 14. The van der Waals surface area contributed by atoms with Crippen molar-refractivity contribution >= 4 is 82.2 Å². The second kappa shape index (κ2) is 15.6. The molecular weight excluding hydrogens is 695 g/mol. The van der Waals surface area contributed by atoms with Crippen molar-refractivity contribution in [3.63, 3.8) is 0 Å². The first-order chi connectivity index (χ1) is 22.0. The third kappa shape index (κ3) is 8.52. The second-order valence-electron chi connectivity index (χ2n) is 11.2. The van der Waals surface area contributed by atoms with Crippen molar-refractivity contribution in [2.24, 2.45) is 0 Å². The predicted octanol–water partition coefficient (Wildman–Crippen LogP) is 3.23. The number of aromatic nitrogens is 1. The lowest BCUT2D eigenvalue weighted by Gasteiger charge is -2.49. The molecule has 0 bridgehead atoms. The third-order valence-corrected chi connectivity index (χ3v) is 12.2. The number of benzene rings is 1. The van der Waals surface area contributed by atoms with Crippen LogP contribution in [0.3, 0.4) is 0 Å². The van der Waals surface area contributed by atoms with Gasteiger partial charge in [-0.2, -0.15) is 0 Å². The van der Waals surface area contributed by atoms with Crippen LogP contribution in [0.5, 0.6) is 0 Å². The maximum Gasteiger partial charge on any atom is 0.359 e. The van der Waals surface area contributed by atoms with E-state index in [0.29, 0.717) is 62.8 Å². The fraction of sp³-hybridized carbons (Fsp3) is 0.433. The predicted molar refractivity (Wildman–Crippen MR) is 177 cm³/mol. The molecule has 1 aromatic carbocycles. The van der Waals surface area contributed by atoms with Gasteiger partial charge in [0, 0.05) is 38.5 Å². The van der Waals surface area contributed by atoms with E-state index in [9.17, 15) is 29.4 Å². The highest BCUT2D eigenvalue weighted by molar-refractivity contribution is 8.01. The van der Waals surface area contributed by atoms with Crippen molar-refractivity contribution in [2.45, 2.75) is 34.2 Å². The van der Waals surface area contributed by atoms with E-state index in [-0.39, 0.29) is 23.9 Å². The summed E-state index contributed by atoms with van der Waals surface area (Å²) in [7, 11) is 0. The van der Waals surface area contributed by atoms with Gasteiger partial charge in [-0.1, -0.05) is 23.2 Å². The quantitative estimate of drug-likeness (QED) is 0.115. The molecule has 1 aromatic heterocycles. The minimum Gasteiger partial charge on any atom is -0.477 e. The van der Waals surface area contributed by atoms with E-state index in [1.165, 1.54) is 40.2 Å². The number of fused-ring (bicyclic) bond motifs is 1. The highest BCUT2D eigenvalue weighted by Crippen LogP contribution is 2.41. The van der Waals surface area contributed by atoms with Crippen LogP contribution in [0, 0.1) is 0 Å². The normalized spacial score (nSPS) is 20.6. The van der Waals surface area contributed by atoms with Gasteiger partial charge in [0.1, 0.15) is 30.2 Å². The minimum absolute atomic E-state index is 0.0145. The van der Waals surface area contributed by atoms with Crippen LogP contribution in [0.15, 0.2) is 63.8 Å². The number of quaternary nitrogens is 1. The van der Waals surface area contributed by atoms with E-state index in [1.807, 2.05) is 24.5 Å². The van der Waals surface area contributed by atoms with Gasteiger partial charge >= 0.3 is 11.9 Å². The Hall–Kier alpha value is -2.46. The third-order valence-electron chi connectivity index (χ3n) is 8.03. The van der Waals surface area contributed by atoms with E-state index in [0.717, 1.165) is 24.4 Å². The van der Waals surface area contributed by atoms with Crippen LogP contribution in [-0.4, -0.2) is 111 Å². The zero-order chi connectivity index (χ0) is 32.8. The summed E-state index contributed by atoms with van der Waals surface area (Å²) in [5.41, 5.74) is 0.636. The molecule has 246 valence electrons. The lowest BCUT2D eigenvalue weighted by atomic mass is 10.0. The number of thioether (sulfide) groups is 3. The number of nitrogens with zero attached hydrogens (tertiary/aromatic N) is 3. The Labute approximate surface area is 289 Å². The molecule has 16 heteroatoms. The highest BCUT2D eigenvalue weighted by Gasteiger charge is 2.54. The number of nitrogens with one attached hydrogen (secondary N) is 1. The number of morpholine rings is 1. The fourth-order valence-electron chi connectivity index (χ4n) is 5.67. The number of carboxylic acid groups (broad SMARTS) is 2. The Morgan fingerprint density at radius 1 is 1.11 bits per heavy atom. The molecule has 46 heavy (non-hydrogen) atoms. The monoisotopic (exact) mass is 728 g/mol. The number of pyridine rings is 1.